The summed E-state index contributed by atoms with van der Waals surface area (Å²) in [6, 6.07) is 1.75. The van der Waals surface area contributed by atoms with Crippen LogP contribution in [0.25, 0.3) is 0 Å². The summed E-state index contributed by atoms with van der Waals surface area (Å²) in [5.74, 6) is -8.39. The first-order chi connectivity index (χ1) is 34.2. The number of carbonyl (C=O) groups is 4. The van der Waals surface area contributed by atoms with Gasteiger partial charge in [0.1, 0.15) is 0 Å². The Balaban J connectivity index is 0.000000520. The first kappa shape index (κ1) is 73.9. The monoisotopic (exact) mass is 1330 g/mol. The third kappa shape index (κ3) is 22.3. The van der Waals surface area contributed by atoms with Crippen LogP contribution >= 0.6 is 0 Å². The second kappa shape index (κ2) is 28.4. The van der Waals surface area contributed by atoms with Gasteiger partial charge in [-0.25, -0.2) is 0 Å². The van der Waals surface area contributed by atoms with E-state index in [0.717, 1.165) is 50.6 Å². The fourth-order valence-electron chi connectivity index (χ4n) is 14.3. The minimum absolute atomic E-state index is 0. The van der Waals surface area contributed by atoms with Gasteiger partial charge in [0.15, 0.2) is 33.3 Å². The van der Waals surface area contributed by atoms with Gasteiger partial charge in [0.25, 0.3) is 0 Å². The van der Waals surface area contributed by atoms with E-state index >= 15 is 0 Å². The van der Waals surface area contributed by atoms with Crippen molar-refractivity contribution in [3.05, 3.63) is 0 Å². The van der Waals surface area contributed by atoms with Gasteiger partial charge in [-0.1, -0.05) is 65.2 Å². The SMILES string of the molecule is CCCCCC[Si](C)(O[Si](C)(C)C)O[Si](C)(O[Si](C)(C)O[Si](C)(C)C)C1CC2CC1C(C(=O)O)C2C(=O)O.CCCCCC[Si](C)(O[Si](C)(C)C)O[Si](C)(O[Si](C)(C)O[Si](C)(C)C)C1CC2CC1C(C(=O)O)C2C(=O)O.[Y]. The summed E-state index contributed by atoms with van der Waals surface area (Å²) in [6.45, 7) is 47.3. The molecule has 1 radical (unpaired) electrons. The van der Waals surface area contributed by atoms with E-state index in [4.69, 9.17) is 32.9 Å². The molecule has 447 valence electrons. The van der Waals surface area contributed by atoms with Gasteiger partial charge in [0.2, 0.25) is 0 Å². The van der Waals surface area contributed by atoms with Crippen LogP contribution in [0.5, 0.6) is 0 Å². The van der Waals surface area contributed by atoms with E-state index in [9.17, 15) is 39.6 Å². The standard InChI is InChI=1S/2C25H54O8Si5.Y/c2*1-12-13-14-15-16-37(10,31-35(5,6)7)33-38(11,32-36(8,9)30-34(2,3)4)21-18-19-17-20(21)23(25(28)29)22(19)24(26)27;/h2*19-23H,12-18H2,1-11H3,(H,26,27)(H,28,29);. The van der Waals surface area contributed by atoms with Crippen LogP contribution in [-0.2, 0) is 84.8 Å². The number of hydrogen-bond acceptors (Lipinski definition) is 12. The molecule has 0 heterocycles. The van der Waals surface area contributed by atoms with Crippen LogP contribution in [0.2, 0.25) is 154 Å². The van der Waals surface area contributed by atoms with Gasteiger partial charge in [0, 0.05) is 43.8 Å². The second-order valence-electron chi connectivity index (χ2n) is 28.4. The zero-order valence-corrected chi connectivity index (χ0v) is 64.8. The van der Waals surface area contributed by atoms with Crippen LogP contribution in [0.4, 0.5) is 0 Å². The van der Waals surface area contributed by atoms with Gasteiger partial charge in [-0.3, -0.25) is 19.2 Å². The number of carboxylic acids is 4. The van der Waals surface area contributed by atoms with Crippen molar-refractivity contribution in [2.24, 2.45) is 47.3 Å². The largest absolute Gasteiger partial charge is 0.481 e. The summed E-state index contributed by atoms with van der Waals surface area (Å²) >= 11 is 0. The third-order valence-electron chi connectivity index (χ3n) is 15.3. The van der Waals surface area contributed by atoms with Crippen LogP contribution in [0.1, 0.15) is 90.9 Å². The van der Waals surface area contributed by atoms with E-state index in [1.165, 1.54) is 12.8 Å². The minimum Gasteiger partial charge on any atom is -0.481 e. The van der Waals surface area contributed by atoms with Gasteiger partial charge in [0.05, 0.1) is 23.7 Å². The van der Waals surface area contributed by atoms with Gasteiger partial charge in [-0.15, -0.1) is 0 Å². The molecule has 4 fully saturated rings. The molecule has 0 aromatic heterocycles. The van der Waals surface area contributed by atoms with Gasteiger partial charge in [-0.2, -0.15) is 0 Å². The number of aliphatic carboxylic acids is 4. The van der Waals surface area contributed by atoms with Crippen LogP contribution in [0.15, 0.2) is 0 Å². The number of fused-ring (bicyclic) bond motifs is 4. The molecule has 4 rings (SSSR count). The summed E-state index contributed by atoms with van der Waals surface area (Å²) in [6.07, 6.45) is 11.5. The summed E-state index contributed by atoms with van der Waals surface area (Å²) in [5.41, 5.74) is -0.206. The number of carboxylic acid groups (broad SMARTS) is 4. The molecule has 0 aromatic carbocycles. The summed E-state index contributed by atoms with van der Waals surface area (Å²) in [4.78, 5) is 48.9. The quantitative estimate of drug-likeness (QED) is 0.0363. The van der Waals surface area contributed by atoms with Gasteiger partial charge >= 0.3 is 75.2 Å². The normalized spacial score (nSPS) is 28.8. The van der Waals surface area contributed by atoms with Crippen molar-refractivity contribution < 1.29 is 105 Å². The molecule has 0 aromatic rings. The first-order valence-electron chi connectivity index (χ1n) is 28.8. The smallest absolute Gasteiger partial charge is 0.320 e. The molecule has 77 heavy (non-hydrogen) atoms. The Morgan fingerprint density at radius 3 is 0.870 bits per heavy atom. The Morgan fingerprint density at radius 1 is 0.364 bits per heavy atom. The molecule has 4 bridgehead atoms. The molecular weight excluding hydrogens is 1230 g/mol. The zero-order chi connectivity index (χ0) is 58.6. The van der Waals surface area contributed by atoms with Crippen LogP contribution in [0.3, 0.4) is 0 Å². The molecule has 4 N–H and O–H groups in total. The molecule has 4 saturated carbocycles. The Bertz CT molecular complexity index is 1830. The van der Waals surface area contributed by atoms with Crippen molar-refractivity contribution in [2.75, 3.05) is 0 Å². The van der Waals surface area contributed by atoms with E-state index in [0.29, 0.717) is 25.7 Å². The third-order valence-corrected chi connectivity index (χ3v) is 53.0. The molecule has 27 heteroatoms. The fourth-order valence-corrected chi connectivity index (χ4v) is 63.9. The van der Waals surface area contributed by atoms with Crippen LogP contribution < -0.4 is 0 Å². The maximum absolute atomic E-state index is 12.4. The van der Waals surface area contributed by atoms with Crippen molar-refractivity contribution in [1.29, 1.82) is 0 Å². The maximum atomic E-state index is 12.4. The van der Waals surface area contributed by atoms with E-state index in [1.807, 2.05) is 0 Å². The average Bonchev–Trinajstić information content (AvgIpc) is 3.98. The summed E-state index contributed by atoms with van der Waals surface area (Å²) in [7, 11) is -24.6. The molecule has 0 saturated heterocycles. The molecular formula is C50H108O16Si10Y. The first-order valence-corrected chi connectivity index (χ1v) is 57.9. The minimum atomic E-state index is -3.10. The van der Waals surface area contributed by atoms with Gasteiger partial charge < -0.3 is 53.3 Å². The fraction of sp³-hybridized carbons (Fsp3) is 0.920. The molecule has 16 nitrogen and oxygen atoms in total. The molecule has 14 atom stereocenters. The number of unbranched alkanes of at least 4 members (excludes halogenated alkanes) is 6. The maximum Gasteiger partial charge on any atom is 0.320 e. The van der Waals surface area contributed by atoms with E-state index < -0.39 is 132 Å². The van der Waals surface area contributed by atoms with E-state index in [1.54, 1.807) is 0 Å². The molecule has 14 unspecified atom stereocenters. The predicted molar refractivity (Wildman–Crippen MR) is 326 cm³/mol. The molecule has 0 aliphatic heterocycles. The Kier molecular flexibility index (Phi) is 27.2. The van der Waals surface area contributed by atoms with Crippen LogP contribution in [-0.4, -0.2) is 129 Å². The molecule has 0 amide bonds. The zero-order valence-electron chi connectivity index (χ0n) is 51.9. The second-order valence-corrected chi connectivity index (χ2v) is 68.6. The summed E-state index contributed by atoms with van der Waals surface area (Å²) in [5, 5.41) is 40.0. The Labute approximate surface area is 502 Å². The Hall–Kier alpha value is 0.833. The Morgan fingerprint density at radius 2 is 0.636 bits per heavy atom. The number of rotatable bonds is 32. The molecule has 4 aliphatic carbocycles. The molecule has 4 aliphatic rings. The topological polar surface area (TPSA) is 223 Å². The van der Waals surface area contributed by atoms with Crippen molar-refractivity contribution in [3.63, 3.8) is 0 Å². The van der Waals surface area contributed by atoms with Crippen molar-refractivity contribution in [1.82, 2.24) is 0 Å². The van der Waals surface area contributed by atoms with Crippen molar-refractivity contribution in [3.8, 4) is 0 Å². The predicted octanol–water partition coefficient (Wildman–Crippen LogP) is 13.9. The number of hydrogen-bond donors (Lipinski definition) is 4. The van der Waals surface area contributed by atoms with E-state index in [-0.39, 0.29) is 67.5 Å². The molecule has 0 spiro atoms. The van der Waals surface area contributed by atoms with Gasteiger partial charge in [-0.05, 0) is 192 Å². The van der Waals surface area contributed by atoms with E-state index in [2.05, 4.69) is 145 Å². The van der Waals surface area contributed by atoms with Crippen molar-refractivity contribution in [2.45, 2.75) is 245 Å². The summed E-state index contributed by atoms with van der Waals surface area (Å²) < 4.78 is 55.7. The average molecular weight is 1340 g/mol. The van der Waals surface area contributed by atoms with Crippen molar-refractivity contribution >= 4 is 109 Å². The van der Waals surface area contributed by atoms with Crippen LogP contribution in [0, 0.1) is 47.3 Å².